The molecular formula is C35H61N6O9P. The van der Waals surface area contributed by atoms with E-state index in [9.17, 15) is 14.7 Å². The van der Waals surface area contributed by atoms with E-state index in [-0.39, 0.29) is 18.2 Å². The van der Waals surface area contributed by atoms with Gasteiger partial charge in [0, 0.05) is 65.9 Å². The van der Waals surface area contributed by atoms with Crippen LogP contribution in [-0.2, 0) is 33.0 Å². The minimum atomic E-state index is -1.15. The van der Waals surface area contributed by atoms with Crippen LogP contribution in [0.2, 0.25) is 0 Å². The minimum Gasteiger partial charge on any atom is -0.456 e. The smallest absolute Gasteiger partial charge is 0.410 e. The molecule has 0 bridgehead atoms. The van der Waals surface area contributed by atoms with E-state index in [0.29, 0.717) is 50.2 Å². The molecular weight excluding hydrogens is 679 g/mol. The van der Waals surface area contributed by atoms with E-state index in [2.05, 4.69) is 29.7 Å². The molecule has 0 aromatic carbocycles. The van der Waals surface area contributed by atoms with E-state index < -0.39 is 60.0 Å². The Morgan fingerprint density at radius 2 is 1.92 bits per heavy atom. The number of unbranched alkanes of at least 4 members (excludes halogenated alkanes) is 1. The second-order valence-corrected chi connectivity index (χ2v) is 15.1. The van der Waals surface area contributed by atoms with Crippen LogP contribution in [-0.4, -0.2) is 121 Å². The quantitative estimate of drug-likeness (QED) is 0.0359. The first-order valence-corrected chi connectivity index (χ1v) is 18.4. The Kier molecular flexibility index (Phi) is 15.6. The Morgan fingerprint density at radius 1 is 1.24 bits per heavy atom. The number of hydrogen-bond acceptors (Lipinski definition) is 12. The zero-order chi connectivity index (χ0) is 38.3. The van der Waals surface area contributed by atoms with Crippen LogP contribution in [0.25, 0.3) is 10.4 Å². The summed E-state index contributed by atoms with van der Waals surface area (Å²) in [4.78, 5) is 32.6. The molecule has 3 heterocycles. The second-order valence-electron chi connectivity index (χ2n) is 14.8. The van der Waals surface area contributed by atoms with Crippen molar-refractivity contribution in [3.63, 3.8) is 0 Å². The van der Waals surface area contributed by atoms with Gasteiger partial charge in [-0.3, -0.25) is 4.90 Å². The number of cyclic esters (lactones) is 2. The highest BCUT2D eigenvalue weighted by atomic mass is 31.0. The van der Waals surface area contributed by atoms with Gasteiger partial charge in [-0.05, 0) is 85.5 Å². The Balaban J connectivity index is 1.91. The van der Waals surface area contributed by atoms with Crippen LogP contribution in [0.5, 0.6) is 0 Å². The molecule has 0 aliphatic carbocycles. The number of aliphatic hydroxyl groups is 1. The fourth-order valence-corrected chi connectivity index (χ4v) is 7.73. The first-order valence-electron chi connectivity index (χ1n) is 18.0. The molecule has 3 aliphatic heterocycles. The number of carbonyl (C=O) groups is 2. The highest BCUT2D eigenvalue weighted by Gasteiger charge is 2.56. The summed E-state index contributed by atoms with van der Waals surface area (Å²) in [5, 5.41) is 18.2. The summed E-state index contributed by atoms with van der Waals surface area (Å²) in [6.07, 6.45) is 1.24. The molecule has 15 nitrogen and oxygen atoms in total. The lowest BCUT2D eigenvalue weighted by Crippen LogP contribution is -2.59. The molecule has 0 aromatic rings. The molecule has 290 valence electrons. The van der Waals surface area contributed by atoms with E-state index >= 15 is 0 Å². The van der Waals surface area contributed by atoms with Gasteiger partial charge < -0.3 is 43.5 Å². The van der Waals surface area contributed by atoms with Crippen LogP contribution in [0.3, 0.4) is 0 Å². The average molecular weight is 741 g/mol. The molecule has 0 aromatic heterocycles. The molecule has 51 heavy (non-hydrogen) atoms. The van der Waals surface area contributed by atoms with Gasteiger partial charge in [-0.1, -0.05) is 25.0 Å². The van der Waals surface area contributed by atoms with E-state index in [1.54, 1.807) is 32.6 Å². The zero-order valence-electron chi connectivity index (χ0n) is 32.2. The van der Waals surface area contributed by atoms with Gasteiger partial charge in [-0.2, -0.15) is 0 Å². The van der Waals surface area contributed by atoms with Crippen molar-refractivity contribution in [2.75, 3.05) is 33.7 Å². The summed E-state index contributed by atoms with van der Waals surface area (Å²) >= 11 is 0. The largest absolute Gasteiger partial charge is 0.456 e. The number of rotatable bonds is 18. The van der Waals surface area contributed by atoms with Crippen molar-refractivity contribution in [1.29, 1.82) is 0 Å². The maximum Gasteiger partial charge on any atom is 0.410 e. The number of amides is 1. The van der Waals surface area contributed by atoms with Crippen molar-refractivity contribution in [1.82, 2.24) is 15.1 Å². The lowest BCUT2D eigenvalue weighted by atomic mass is 9.84. The van der Waals surface area contributed by atoms with Gasteiger partial charge in [0.1, 0.15) is 11.9 Å². The SMILES string of the molecule is CC[C@@H](O)[C@@]1(C)OC(=O)N(CCCCN=[N+]=[N-])[C@@H]1[C@@H](C)NC/C=C(\C)[C@H](O[C@@H]1O[C@H](C)CC(N(C)C)C1OP)[C@@H](C)C1=C(C)C(=O)OC(C)(C)O1. The summed E-state index contributed by atoms with van der Waals surface area (Å²) < 4.78 is 36.6. The van der Waals surface area contributed by atoms with Gasteiger partial charge in [0.25, 0.3) is 0 Å². The number of carbonyl (C=O) groups excluding carboxylic acids is 2. The molecule has 11 atom stereocenters. The highest BCUT2D eigenvalue weighted by Crippen LogP contribution is 2.38. The number of nitrogens with one attached hydrogen (secondary N) is 1. The number of hydrogen-bond donors (Lipinski definition) is 2. The van der Waals surface area contributed by atoms with E-state index in [4.69, 9.17) is 33.7 Å². The fraction of sp³-hybridized carbons (Fsp3) is 0.829. The van der Waals surface area contributed by atoms with Gasteiger partial charge in [0.15, 0.2) is 11.9 Å². The fourth-order valence-electron chi connectivity index (χ4n) is 7.43. The van der Waals surface area contributed by atoms with Crippen LogP contribution in [0.4, 0.5) is 4.79 Å². The van der Waals surface area contributed by atoms with Crippen molar-refractivity contribution in [2.45, 2.75) is 148 Å². The van der Waals surface area contributed by atoms with E-state index in [1.165, 1.54) is 0 Å². The Hall–Kier alpha value is -2.48. The average Bonchev–Trinajstić information content (AvgIpc) is 3.33. The molecule has 2 N–H and O–H groups in total. The monoisotopic (exact) mass is 740 g/mol. The molecule has 16 heteroatoms. The van der Waals surface area contributed by atoms with Gasteiger partial charge in [-0.15, -0.1) is 0 Å². The van der Waals surface area contributed by atoms with Crippen LogP contribution in [0.15, 0.2) is 28.1 Å². The van der Waals surface area contributed by atoms with Gasteiger partial charge in [0.05, 0.1) is 29.9 Å². The molecule has 0 spiro atoms. The standard InChI is InChI=1S/C35H61N6O9P/c1-12-26(42)35(9)30(41(33(44)49-35)18-14-13-16-38-39-36)24(6)37-17-15-20(2)27(22(4)28-23(5)31(43)48-34(7,8)47-28)46-32-29(50-51)25(40(10)11)19-21(3)45-32/h15,21-22,24-27,29-30,32,37,42H,12-14,16-19,51H2,1-11H3/b20-15+/t21-,22-,24-,25?,26-,27+,29?,30-,32+,35-/m1/s1. The number of nitrogens with zero attached hydrogens (tertiary/aromatic N) is 5. The van der Waals surface area contributed by atoms with Crippen molar-refractivity contribution >= 4 is 21.5 Å². The zero-order valence-corrected chi connectivity index (χ0v) is 33.4. The summed E-state index contributed by atoms with van der Waals surface area (Å²) in [7, 11) is 6.36. The number of esters is 1. The lowest BCUT2D eigenvalue weighted by Gasteiger charge is -2.44. The maximum atomic E-state index is 13.1. The first kappa shape index (κ1) is 42.9. The number of aliphatic hydroxyl groups excluding tert-OH is 1. The molecule has 3 rings (SSSR count). The third-order valence-electron chi connectivity index (χ3n) is 10.2. The van der Waals surface area contributed by atoms with E-state index in [0.717, 1.165) is 12.0 Å². The van der Waals surface area contributed by atoms with Gasteiger partial charge >= 0.3 is 12.1 Å². The predicted molar refractivity (Wildman–Crippen MR) is 195 cm³/mol. The number of azide groups is 1. The first-order chi connectivity index (χ1) is 23.9. The Morgan fingerprint density at radius 3 is 2.53 bits per heavy atom. The number of ether oxygens (including phenoxy) is 5. The molecule has 0 radical (unpaired) electrons. The van der Waals surface area contributed by atoms with Crippen molar-refractivity contribution in [2.24, 2.45) is 11.0 Å². The maximum absolute atomic E-state index is 13.1. The van der Waals surface area contributed by atoms with Crippen LogP contribution >= 0.6 is 9.47 Å². The summed E-state index contributed by atoms with van der Waals surface area (Å²) in [5.74, 6) is -1.53. The molecule has 2 saturated heterocycles. The van der Waals surface area contributed by atoms with Crippen molar-refractivity contribution in [3.8, 4) is 0 Å². The van der Waals surface area contributed by atoms with Crippen molar-refractivity contribution < 1.29 is 42.9 Å². The second kappa shape index (κ2) is 18.5. The van der Waals surface area contributed by atoms with Crippen LogP contribution < -0.4 is 5.32 Å². The van der Waals surface area contributed by atoms with E-state index in [1.807, 2.05) is 54.8 Å². The summed E-state index contributed by atoms with van der Waals surface area (Å²) in [6, 6.07) is -0.733. The number of likely N-dealkylation sites (N-methyl/N-ethyl adjacent to an activating group) is 1. The lowest BCUT2D eigenvalue weighted by molar-refractivity contribution is -0.262. The third kappa shape index (κ3) is 10.4. The topological polar surface area (TPSA) is 177 Å². The van der Waals surface area contributed by atoms with Crippen LogP contribution in [0, 0.1) is 5.92 Å². The molecule has 0 saturated carbocycles. The highest BCUT2D eigenvalue weighted by molar-refractivity contribution is 7.09. The predicted octanol–water partition coefficient (Wildman–Crippen LogP) is 5.20. The van der Waals surface area contributed by atoms with Gasteiger partial charge in [0.2, 0.25) is 5.79 Å². The molecule has 3 aliphatic rings. The summed E-state index contributed by atoms with van der Waals surface area (Å²) in [5.41, 5.74) is 8.71. The normalized spacial score (nSPS) is 30.7. The molecule has 3 unspecified atom stereocenters. The minimum absolute atomic E-state index is 0.0333. The third-order valence-corrected chi connectivity index (χ3v) is 10.5. The molecule has 1 amide bonds. The van der Waals surface area contributed by atoms with Gasteiger partial charge in [-0.25, -0.2) is 9.59 Å². The Labute approximate surface area is 305 Å². The van der Waals surface area contributed by atoms with Crippen molar-refractivity contribution in [3.05, 3.63) is 33.4 Å². The summed E-state index contributed by atoms with van der Waals surface area (Å²) in [6.45, 7) is 17.7. The molecule has 2 fully saturated rings. The Bertz CT molecular complexity index is 1320. The van der Waals surface area contributed by atoms with Crippen LogP contribution in [0.1, 0.15) is 88.0 Å².